The Hall–Kier alpha value is -3.32. The van der Waals surface area contributed by atoms with Gasteiger partial charge in [-0.25, -0.2) is 0 Å². The van der Waals surface area contributed by atoms with Crippen molar-refractivity contribution in [2.24, 2.45) is 0 Å². The molecule has 2 aromatic heterocycles. The Kier molecular flexibility index (Phi) is 6.29. The van der Waals surface area contributed by atoms with E-state index >= 15 is 0 Å². The lowest BCUT2D eigenvalue weighted by molar-refractivity contribution is -0.131. The quantitative estimate of drug-likeness (QED) is 0.417. The molecule has 0 bridgehead atoms. The molecule has 4 rings (SSSR count). The molecule has 2 aromatic carbocycles. The zero-order chi connectivity index (χ0) is 20.8. The van der Waals surface area contributed by atoms with Gasteiger partial charge in [0, 0.05) is 19.3 Å². The van der Waals surface area contributed by atoms with Crippen molar-refractivity contribution in [1.29, 1.82) is 0 Å². The van der Waals surface area contributed by atoms with E-state index in [1.54, 1.807) is 6.20 Å². The number of carbonyl (C=O) groups excluding carboxylic acids is 1. The Morgan fingerprint density at radius 1 is 0.967 bits per heavy atom. The molecule has 30 heavy (non-hydrogen) atoms. The lowest BCUT2D eigenvalue weighted by atomic mass is 10.1. The number of carbonyl (C=O) groups is 1. The van der Waals surface area contributed by atoms with Crippen LogP contribution in [0.25, 0.3) is 11.6 Å². The molecule has 2 heterocycles. The maximum atomic E-state index is 13.3. The largest absolute Gasteiger partial charge is 0.410 e. The fraction of sp³-hybridized carbons (Fsp3) is 0.174. The van der Waals surface area contributed by atoms with Gasteiger partial charge in [0.2, 0.25) is 5.91 Å². The van der Waals surface area contributed by atoms with E-state index in [9.17, 15) is 4.79 Å². The van der Waals surface area contributed by atoms with E-state index in [2.05, 4.69) is 15.2 Å². The average molecular weight is 419 g/mol. The lowest BCUT2D eigenvalue weighted by Crippen LogP contribution is -2.35. The van der Waals surface area contributed by atoms with Crippen molar-refractivity contribution >= 4 is 17.7 Å². The van der Waals surface area contributed by atoms with Gasteiger partial charge in [-0.15, -0.1) is 10.2 Å². The highest BCUT2D eigenvalue weighted by atomic mass is 32.2. The summed E-state index contributed by atoms with van der Waals surface area (Å²) in [5.41, 5.74) is 2.93. The van der Waals surface area contributed by atoms with Crippen LogP contribution in [0.15, 0.2) is 88.6 Å². The molecule has 0 spiro atoms. The van der Waals surface area contributed by atoms with Gasteiger partial charge in [-0.1, -0.05) is 72.4 Å². The monoisotopic (exact) mass is 418 g/mol. The van der Waals surface area contributed by atoms with Crippen LogP contribution in [0.3, 0.4) is 0 Å². The van der Waals surface area contributed by atoms with Gasteiger partial charge in [0.25, 0.3) is 11.1 Å². The van der Waals surface area contributed by atoms with Gasteiger partial charge in [0.05, 0.1) is 5.25 Å². The van der Waals surface area contributed by atoms with Crippen LogP contribution < -0.4 is 0 Å². The van der Waals surface area contributed by atoms with E-state index < -0.39 is 0 Å². The van der Waals surface area contributed by atoms with Crippen LogP contribution >= 0.6 is 11.8 Å². The minimum atomic E-state index is -0.366. The topological polar surface area (TPSA) is 75.0 Å². The predicted octanol–water partition coefficient (Wildman–Crippen LogP) is 4.77. The van der Waals surface area contributed by atoms with Crippen molar-refractivity contribution in [2.75, 3.05) is 0 Å². The summed E-state index contributed by atoms with van der Waals surface area (Å²) >= 11 is 1.27. The van der Waals surface area contributed by atoms with Gasteiger partial charge in [0.1, 0.15) is 5.69 Å². The zero-order valence-corrected chi connectivity index (χ0v) is 17.4. The van der Waals surface area contributed by atoms with Crippen molar-refractivity contribution < 1.29 is 9.21 Å². The normalized spacial score (nSPS) is 11.9. The SMILES string of the molecule is C[C@@H](Sc1nnc(-c2ccc[nH]2)o1)C(=O)N(Cc1ccccc1)Cc1ccccc1. The number of nitrogens with one attached hydrogen (secondary N) is 1. The summed E-state index contributed by atoms with van der Waals surface area (Å²) in [5, 5.41) is 8.14. The van der Waals surface area contributed by atoms with Crippen molar-refractivity contribution in [3.8, 4) is 11.6 Å². The number of aromatic nitrogens is 3. The third kappa shape index (κ3) is 4.99. The molecule has 1 amide bonds. The highest BCUT2D eigenvalue weighted by Gasteiger charge is 2.24. The first kappa shape index (κ1) is 20.0. The molecule has 7 heteroatoms. The minimum Gasteiger partial charge on any atom is -0.410 e. The zero-order valence-electron chi connectivity index (χ0n) is 16.6. The first-order chi connectivity index (χ1) is 14.7. The van der Waals surface area contributed by atoms with Gasteiger partial charge < -0.3 is 14.3 Å². The maximum absolute atomic E-state index is 13.3. The van der Waals surface area contributed by atoms with Crippen LogP contribution in [0.5, 0.6) is 0 Å². The molecular formula is C23H22N4O2S. The Bertz CT molecular complexity index is 1020. The molecule has 152 valence electrons. The van der Waals surface area contributed by atoms with E-state index in [4.69, 9.17) is 4.42 Å². The van der Waals surface area contributed by atoms with E-state index in [-0.39, 0.29) is 11.2 Å². The van der Waals surface area contributed by atoms with Crippen LogP contribution in [-0.4, -0.2) is 31.2 Å². The maximum Gasteiger partial charge on any atom is 0.277 e. The molecule has 0 aliphatic heterocycles. The highest BCUT2D eigenvalue weighted by molar-refractivity contribution is 8.00. The summed E-state index contributed by atoms with van der Waals surface area (Å²) in [6.45, 7) is 2.95. The van der Waals surface area contributed by atoms with Crippen LogP contribution in [0.4, 0.5) is 0 Å². The molecule has 1 atom stereocenters. The molecule has 1 N–H and O–H groups in total. The van der Waals surface area contributed by atoms with Crippen molar-refractivity contribution in [1.82, 2.24) is 20.1 Å². The fourth-order valence-electron chi connectivity index (χ4n) is 3.11. The van der Waals surface area contributed by atoms with E-state index in [1.807, 2.05) is 84.6 Å². The summed E-state index contributed by atoms with van der Waals surface area (Å²) in [6, 6.07) is 23.7. The van der Waals surface area contributed by atoms with Gasteiger partial charge >= 0.3 is 0 Å². The Morgan fingerprint density at radius 3 is 2.17 bits per heavy atom. The molecule has 4 aromatic rings. The second kappa shape index (κ2) is 9.45. The summed E-state index contributed by atoms with van der Waals surface area (Å²) < 4.78 is 5.70. The van der Waals surface area contributed by atoms with E-state index in [0.717, 1.165) is 16.8 Å². The number of hydrogen-bond donors (Lipinski definition) is 1. The predicted molar refractivity (Wildman–Crippen MR) is 117 cm³/mol. The summed E-state index contributed by atoms with van der Waals surface area (Å²) in [6.07, 6.45) is 1.80. The van der Waals surface area contributed by atoms with Gasteiger partial charge in [-0.05, 0) is 30.2 Å². The van der Waals surface area contributed by atoms with Gasteiger partial charge in [0.15, 0.2) is 0 Å². The second-order valence-corrected chi connectivity index (χ2v) is 8.17. The van der Waals surface area contributed by atoms with E-state index in [0.29, 0.717) is 24.2 Å². The highest BCUT2D eigenvalue weighted by Crippen LogP contribution is 2.27. The van der Waals surface area contributed by atoms with Crippen LogP contribution in [0, 0.1) is 0 Å². The second-order valence-electron chi connectivity index (χ2n) is 6.88. The lowest BCUT2D eigenvalue weighted by Gasteiger charge is -2.25. The molecule has 0 radical (unpaired) electrons. The molecule has 0 aliphatic carbocycles. The molecule has 6 nitrogen and oxygen atoms in total. The van der Waals surface area contributed by atoms with E-state index in [1.165, 1.54) is 11.8 Å². The van der Waals surface area contributed by atoms with Gasteiger partial charge in [-0.2, -0.15) is 0 Å². The number of nitrogens with zero attached hydrogens (tertiary/aromatic N) is 3. The third-order valence-electron chi connectivity index (χ3n) is 4.60. The third-order valence-corrected chi connectivity index (χ3v) is 5.53. The molecule has 0 aliphatic rings. The molecular weight excluding hydrogens is 396 g/mol. The molecule has 0 saturated carbocycles. The fourth-order valence-corrected chi connectivity index (χ4v) is 3.88. The first-order valence-corrected chi connectivity index (χ1v) is 10.6. The summed E-state index contributed by atoms with van der Waals surface area (Å²) in [7, 11) is 0. The number of amides is 1. The van der Waals surface area contributed by atoms with Crippen LogP contribution in [-0.2, 0) is 17.9 Å². The standard InChI is InChI=1S/C23H22N4O2S/c1-17(30-23-26-25-21(29-23)20-13-8-14-24-20)22(28)27(15-18-9-4-2-5-10-18)16-19-11-6-3-7-12-19/h2-14,17,24H,15-16H2,1H3/t17-/m1/s1. The number of benzene rings is 2. The number of aromatic amines is 1. The Labute approximate surface area is 179 Å². The molecule has 0 saturated heterocycles. The van der Waals surface area contributed by atoms with Gasteiger partial charge in [-0.3, -0.25) is 4.79 Å². The number of thioether (sulfide) groups is 1. The van der Waals surface area contributed by atoms with Crippen LogP contribution in [0.1, 0.15) is 18.1 Å². The molecule has 0 unspecified atom stereocenters. The molecule has 0 fully saturated rings. The number of hydrogen-bond acceptors (Lipinski definition) is 5. The minimum absolute atomic E-state index is 0.0207. The Balaban J connectivity index is 1.48. The number of rotatable bonds is 8. The van der Waals surface area contributed by atoms with Crippen molar-refractivity contribution in [3.63, 3.8) is 0 Å². The first-order valence-electron chi connectivity index (χ1n) is 9.69. The summed E-state index contributed by atoms with van der Waals surface area (Å²) in [4.78, 5) is 18.2. The van der Waals surface area contributed by atoms with Crippen LogP contribution in [0.2, 0.25) is 0 Å². The summed E-state index contributed by atoms with van der Waals surface area (Å²) in [5.74, 6) is 0.430. The smallest absolute Gasteiger partial charge is 0.277 e. The van der Waals surface area contributed by atoms with Crippen molar-refractivity contribution in [2.45, 2.75) is 30.5 Å². The Morgan fingerprint density at radius 2 is 1.60 bits per heavy atom. The average Bonchev–Trinajstić information content (AvgIpc) is 3.46. The van der Waals surface area contributed by atoms with Crippen molar-refractivity contribution in [3.05, 3.63) is 90.1 Å². The number of H-pyrrole nitrogens is 1.